The molecule has 0 aliphatic carbocycles. The molecule has 3 heteroatoms. The highest BCUT2D eigenvalue weighted by molar-refractivity contribution is 5.94. The number of hydrogen-bond acceptors (Lipinski definition) is 2. The molecule has 1 aliphatic heterocycles. The fraction of sp³-hybridized carbons (Fsp3) is 0.471. The van der Waals surface area contributed by atoms with E-state index in [1.54, 1.807) is 0 Å². The third kappa shape index (κ3) is 3.61. The molecule has 1 aromatic rings. The van der Waals surface area contributed by atoms with Gasteiger partial charge >= 0.3 is 0 Å². The highest BCUT2D eigenvalue weighted by Crippen LogP contribution is 2.19. The number of likely N-dealkylation sites (tertiary alicyclic amines) is 1. The summed E-state index contributed by atoms with van der Waals surface area (Å²) in [5.41, 5.74) is 1.60. The standard InChI is InChI=1S/C17H21NO2/c1-14-6-2-4-12-18(14)17(20)16-10-8-15(9-11-16)7-3-5-13-19/h8-11,14,19H,2,4-6,12-13H2,1H3. The van der Waals surface area contributed by atoms with Crippen molar-refractivity contribution in [2.24, 2.45) is 0 Å². The van der Waals surface area contributed by atoms with Crippen molar-refractivity contribution in [1.29, 1.82) is 0 Å². The molecular formula is C17H21NO2. The Bertz CT molecular complexity index is 510. The summed E-state index contributed by atoms with van der Waals surface area (Å²) in [6, 6.07) is 7.75. The van der Waals surface area contributed by atoms with Crippen molar-refractivity contribution in [3.05, 3.63) is 35.4 Å². The van der Waals surface area contributed by atoms with E-state index in [1.165, 1.54) is 6.42 Å². The van der Waals surface area contributed by atoms with Crippen LogP contribution in [0.4, 0.5) is 0 Å². The number of piperidine rings is 1. The van der Waals surface area contributed by atoms with E-state index >= 15 is 0 Å². The smallest absolute Gasteiger partial charge is 0.254 e. The van der Waals surface area contributed by atoms with Gasteiger partial charge in [0.2, 0.25) is 0 Å². The van der Waals surface area contributed by atoms with Crippen LogP contribution in [0.2, 0.25) is 0 Å². The molecule has 1 N–H and O–H groups in total. The molecule has 106 valence electrons. The van der Waals surface area contributed by atoms with Gasteiger partial charge in [0, 0.05) is 30.1 Å². The van der Waals surface area contributed by atoms with E-state index in [-0.39, 0.29) is 12.5 Å². The first-order valence-electron chi connectivity index (χ1n) is 7.23. The highest BCUT2D eigenvalue weighted by Gasteiger charge is 2.23. The number of aliphatic hydroxyl groups excluding tert-OH is 1. The van der Waals surface area contributed by atoms with E-state index in [9.17, 15) is 4.79 Å². The first-order chi connectivity index (χ1) is 9.72. The Morgan fingerprint density at radius 1 is 1.35 bits per heavy atom. The number of carbonyl (C=O) groups excluding carboxylic acids is 1. The Hall–Kier alpha value is -1.79. The number of aliphatic hydroxyl groups is 1. The molecule has 0 bridgehead atoms. The summed E-state index contributed by atoms with van der Waals surface area (Å²) in [6.07, 6.45) is 3.88. The predicted molar refractivity (Wildman–Crippen MR) is 79.4 cm³/mol. The zero-order valence-electron chi connectivity index (χ0n) is 11.9. The minimum Gasteiger partial charge on any atom is -0.395 e. The lowest BCUT2D eigenvalue weighted by Crippen LogP contribution is -2.41. The van der Waals surface area contributed by atoms with E-state index < -0.39 is 0 Å². The van der Waals surface area contributed by atoms with Crippen molar-refractivity contribution in [2.75, 3.05) is 13.2 Å². The van der Waals surface area contributed by atoms with Crippen LogP contribution in [-0.4, -0.2) is 35.1 Å². The Morgan fingerprint density at radius 2 is 2.10 bits per heavy atom. The first-order valence-corrected chi connectivity index (χ1v) is 7.23. The molecule has 3 nitrogen and oxygen atoms in total. The van der Waals surface area contributed by atoms with Crippen LogP contribution in [0.1, 0.15) is 48.5 Å². The largest absolute Gasteiger partial charge is 0.395 e. The number of carbonyl (C=O) groups is 1. The Labute approximate surface area is 120 Å². The molecule has 1 unspecified atom stereocenters. The lowest BCUT2D eigenvalue weighted by atomic mass is 10.0. The van der Waals surface area contributed by atoms with Gasteiger partial charge in [0.25, 0.3) is 5.91 Å². The van der Waals surface area contributed by atoms with Gasteiger partial charge in [-0.3, -0.25) is 4.79 Å². The number of nitrogens with zero attached hydrogens (tertiary/aromatic N) is 1. The molecule has 0 saturated carbocycles. The topological polar surface area (TPSA) is 40.5 Å². The van der Waals surface area contributed by atoms with Crippen molar-refractivity contribution in [1.82, 2.24) is 4.90 Å². The third-order valence-corrected chi connectivity index (χ3v) is 3.67. The third-order valence-electron chi connectivity index (χ3n) is 3.67. The average molecular weight is 271 g/mol. The van der Waals surface area contributed by atoms with Crippen LogP contribution in [0.3, 0.4) is 0 Å². The highest BCUT2D eigenvalue weighted by atomic mass is 16.2. The van der Waals surface area contributed by atoms with Crippen LogP contribution in [0.15, 0.2) is 24.3 Å². The number of rotatable bonds is 2. The van der Waals surface area contributed by atoms with Crippen LogP contribution in [0, 0.1) is 11.8 Å². The zero-order valence-corrected chi connectivity index (χ0v) is 11.9. The SMILES string of the molecule is CC1CCCCN1C(=O)c1ccc(C#CCCO)cc1. The summed E-state index contributed by atoms with van der Waals surface area (Å²) in [5.74, 6) is 5.96. The van der Waals surface area contributed by atoms with Gasteiger partial charge in [0.05, 0.1) is 6.61 Å². The second-order valence-corrected chi connectivity index (χ2v) is 5.20. The van der Waals surface area contributed by atoms with Gasteiger partial charge in [0.1, 0.15) is 0 Å². The van der Waals surface area contributed by atoms with E-state index in [0.29, 0.717) is 12.5 Å². The summed E-state index contributed by atoms with van der Waals surface area (Å²) in [6.45, 7) is 3.06. The van der Waals surface area contributed by atoms with E-state index in [2.05, 4.69) is 18.8 Å². The number of amides is 1. The summed E-state index contributed by atoms with van der Waals surface area (Å²) in [5, 5.41) is 8.68. The molecular weight excluding hydrogens is 250 g/mol. The minimum atomic E-state index is 0.0798. The van der Waals surface area contributed by atoms with E-state index in [1.807, 2.05) is 29.2 Å². The van der Waals surface area contributed by atoms with Crippen LogP contribution < -0.4 is 0 Å². The maximum atomic E-state index is 12.4. The number of hydrogen-bond donors (Lipinski definition) is 1. The van der Waals surface area contributed by atoms with Gasteiger partial charge in [-0.25, -0.2) is 0 Å². The molecule has 1 aliphatic rings. The van der Waals surface area contributed by atoms with Crippen molar-refractivity contribution in [3.8, 4) is 11.8 Å². The molecule has 1 amide bonds. The zero-order chi connectivity index (χ0) is 14.4. The fourth-order valence-electron chi connectivity index (χ4n) is 2.48. The van der Waals surface area contributed by atoms with Gasteiger partial charge in [-0.05, 0) is 50.5 Å². The molecule has 0 spiro atoms. The van der Waals surface area contributed by atoms with Gasteiger partial charge in [-0.1, -0.05) is 11.8 Å². The van der Waals surface area contributed by atoms with Gasteiger partial charge in [0.15, 0.2) is 0 Å². The molecule has 0 radical (unpaired) electrons. The van der Waals surface area contributed by atoms with Gasteiger partial charge in [-0.15, -0.1) is 0 Å². The molecule has 1 aromatic carbocycles. The van der Waals surface area contributed by atoms with Crippen LogP contribution >= 0.6 is 0 Å². The monoisotopic (exact) mass is 271 g/mol. The molecule has 1 heterocycles. The number of benzene rings is 1. The molecule has 0 aromatic heterocycles. The Morgan fingerprint density at radius 3 is 2.75 bits per heavy atom. The maximum Gasteiger partial charge on any atom is 0.254 e. The first kappa shape index (κ1) is 14.6. The summed E-state index contributed by atoms with van der Waals surface area (Å²) in [7, 11) is 0. The fourth-order valence-corrected chi connectivity index (χ4v) is 2.48. The summed E-state index contributed by atoms with van der Waals surface area (Å²) in [4.78, 5) is 14.4. The minimum absolute atomic E-state index is 0.0798. The second kappa shape index (κ2) is 7.12. The average Bonchev–Trinajstić information content (AvgIpc) is 2.48. The lowest BCUT2D eigenvalue weighted by molar-refractivity contribution is 0.0635. The summed E-state index contributed by atoms with van der Waals surface area (Å²) >= 11 is 0. The van der Waals surface area contributed by atoms with E-state index in [0.717, 1.165) is 30.5 Å². The molecule has 1 saturated heterocycles. The Kier molecular flexibility index (Phi) is 5.20. The van der Waals surface area contributed by atoms with Gasteiger partial charge < -0.3 is 10.0 Å². The maximum absolute atomic E-state index is 12.4. The second-order valence-electron chi connectivity index (χ2n) is 5.20. The molecule has 20 heavy (non-hydrogen) atoms. The quantitative estimate of drug-likeness (QED) is 0.839. The predicted octanol–water partition coefficient (Wildman–Crippen LogP) is 2.44. The molecule has 1 atom stereocenters. The van der Waals surface area contributed by atoms with E-state index in [4.69, 9.17) is 5.11 Å². The summed E-state index contributed by atoms with van der Waals surface area (Å²) < 4.78 is 0. The van der Waals surface area contributed by atoms with Crippen LogP contribution in [-0.2, 0) is 0 Å². The normalized spacial score (nSPS) is 18.3. The van der Waals surface area contributed by atoms with Crippen molar-refractivity contribution >= 4 is 5.91 Å². The van der Waals surface area contributed by atoms with Gasteiger partial charge in [-0.2, -0.15) is 0 Å². The van der Waals surface area contributed by atoms with Crippen LogP contribution in [0.5, 0.6) is 0 Å². The van der Waals surface area contributed by atoms with Crippen molar-refractivity contribution < 1.29 is 9.90 Å². The van der Waals surface area contributed by atoms with Crippen molar-refractivity contribution in [3.63, 3.8) is 0 Å². The lowest BCUT2D eigenvalue weighted by Gasteiger charge is -2.33. The van der Waals surface area contributed by atoms with Crippen LogP contribution in [0.25, 0.3) is 0 Å². The molecule has 1 fully saturated rings. The van der Waals surface area contributed by atoms with Crippen molar-refractivity contribution in [2.45, 2.75) is 38.6 Å². The Balaban J connectivity index is 2.06. The molecule has 2 rings (SSSR count).